The van der Waals surface area contributed by atoms with E-state index in [4.69, 9.17) is 11.6 Å². The first kappa shape index (κ1) is 10.2. The number of fused-ring (bicyclic) bond motifs is 1. The third-order valence-corrected chi connectivity index (χ3v) is 2.58. The molecule has 0 radical (unpaired) electrons. The summed E-state index contributed by atoms with van der Waals surface area (Å²) >= 11 is 5.61. The van der Waals surface area contributed by atoms with Gasteiger partial charge in [0.1, 0.15) is 0 Å². The van der Waals surface area contributed by atoms with Crippen molar-refractivity contribution in [3.05, 3.63) is 36.0 Å². The summed E-state index contributed by atoms with van der Waals surface area (Å²) in [5, 5.41) is 5.38. The fourth-order valence-corrected chi connectivity index (χ4v) is 1.67. The van der Waals surface area contributed by atoms with Crippen LogP contribution in [0.4, 0.5) is 0 Å². The Balaban J connectivity index is 2.33. The van der Waals surface area contributed by atoms with Crippen LogP contribution in [0.2, 0.25) is 0 Å². The van der Waals surface area contributed by atoms with Gasteiger partial charge in [-0.25, -0.2) is 0 Å². The number of hydrogen-bond acceptors (Lipinski definition) is 1. The lowest BCUT2D eigenvalue weighted by molar-refractivity contribution is 0.797. The molecule has 0 aliphatic heterocycles. The van der Waals surface area contributed by atoms with Crippen molar-refractivity contribution in [3.63, 3.8) is 0 Å². The van der Waals surface area contributed by atoms with E-state index in [2.05, 4.69) is 35.4 Å². The first-order valence-corrected chi connectivity index (χ1v) is 5.49. The predicted molar refractivity (Wildman–Crippen MR) is 65.1 cm³/mol. The first-order chi connectivity index (χ1) is 7.31. The van der Waals surface area contributed by atoms with Crippen LogP contribution in [-0.2, 0) is 7.05 Å². The van der Waals surface area contributed by atoms with Gasteiger partial charge < -0.3 is 0 Å². The Morgan fingerprint density at radius 3 is 3.13 bits per heavy atom. The van der Waals surface area contributed by atoms with Crippen molar-refractivity contribution >= 4 is 28.6 Å². The summed E-state index contributed by atoms with van der Waals surface area (Å²) in [5.74, 6) is 0.671. The molecule has 1 heterocycles. The quantitative estimate of drug-likeness (QED) is 0.727. The highest BCUT2D eigenvalue weighted by Gasteiger charge is 1.98. The van der Waals surface area contributed by atoms with Crippen molar-refractivity contribution < 1.29 is 0 Å². The molecule has 15 heavy (non-hydrogen) atoms. The van der Waals surface area contributed by atoms with Gasteiger partial charge >= 0.3 is 0 Å². The minimum atomic E-state index is 0.671. The summed E-state index contributed by atoms with van der Waals surface area (Å²) in [7, 11) is 1.95. The van der Waals surface area contributed by atoms with Crippen molar-refractivity contribution in [2.75, 3.05) is 5.88 Å². The molecule has 78 valence electrons. The van der Waals surface area contributed by atoms with Gasteiger partial charge in [-0.1, -0.05) is 24.3 Å². The lowest BCUT2D eigenvalue weighted by Crippen LogP contribution is -1.88. The summed E-state index contributed by atoms with van der Waals surface area (Å²) in [6.45, 7) is 0. The topological polar surface area (TPSA) is 17.8 Å². The van der Waals surface area contributed by atoms with Crippen LogP contribution < -0.4 is 0 Å². The van der Waals surface area contributed by atoms with Gasteiger partial charge in [-0.15, -0.1) is 11.6 Å². The van der Waals surface area contributed by atoms with E-state index in [-0.39, 0.29) is 0 Å². The molecule has 2 aromatic rings. The van der Waals surface area contributed by atoms with Crippen LogP contribution in [0.3, 0.4) is 0 Å². The Morgan fingerprint density at radius 1 is 1.47 bits per heavy atom. The normalized spacial score (nSPS) is 11.6. The highest BCUT2D eigenvalue weighted by Crippen LogP contribution is 2.15. The largest absolute Gasteiger partial charge is 0.268 e. The van der Waals surface area contributed by atoms with E-state index in [0.717, 1.165) is 11.9 Å². The monoisotopic (exact) mass is 220 g/mol. The molecule has 0 aliphatic rings. The van der Waals surface area contributed by atoms with E-state index >= 15 is 0 Å². The third-order valence-electron chi connectivity index (χ3n) is 2.36. The molecule has 1 aromatic carbocycles. The van der Waals surface area contributed by atoms with Crippen LogP contribution in [0.15, 0.2) is 30.5 Å². The summed E-state index contributed by atoms with van der Waals surface area (Å²) in [6.07, 6.45) is 6.96. The summed E-state index contributed by atoms with van der Waals surface area (Å²) in [4.78, 5) is 0. The molecule has 0 amide bonds. The van der Waals surface area contributed by atoms with E-state index in [9.17, 15) is 0 Å². The number of allylic oxidation sites excluding steroid dienone is 1. The number of benzene rings is 1. The number of hydrogen-bond donors (Lipinski definition) is 0. The molecule has 0 aliphatic carbocycles. The first-order valence-electron chi connectivity index (χ1n) is 4.95. The second-order valence-electron chi connectivity index (χ2n) is 3.47. The maximum atomic E-state index is 5.61. The fraction of sp³-hybridized carbons (Fsp3) is 0.250. The molecule has 2 rings (SSSR count). The molecule has 2 nitrogen and oxygen atoms in total. The molecule has 0 saturated heterocycles. The highest BCUT2D eigenvalue weighted by molar-refractivity contribution is 6.17. The van der Waals surface area contributed by atoms with Crippen molar-refractivity contribution in [1.29, 1.82) is 0 Å². The lowest BCUT2D eigenvalue weighted by Gasteiger charge is -1.96. The Morgan fingerprint density at radius 2 is 2.33 bits per heavy atom. The average Bonchev–Trinajstić information content (AvgIpc) is 2.61. The summed E-state index contributed by atoms with van der Waals surface area (Å²) < 4.78 is 1.88. The second-order valence-corrected chi connectivity index (χ2v) is 3.84. The van der Waals surface area contributed by atoms with Gasteiger partial charge in [0.05, 0.1) is 11.7 Å². The van der Waals surface area contributed by atoms with E-state index in [1.807, 2.05) is 17.9 Å². The zero-order valence-electron chi connectivity index (χ0n) is 8.65. The average molecular weight is 221 g/mol. The zero-order chi connectivity index (χ0) is 10.7. The van der Waals surface area contributed by atoms with E-state index < -0.39 is 0 Å². The fourth-order valence-electron chi connectivity index (χ4n) is 1.55. The molecule has 0 bridgehead atoms. The van der Waals surface area contributed by atoms with E-state index in [1.165, 1.54) is 10.9 Å². The molecular weight excluding hydrogens is 208 g/mol. The van der Waals surface area contributed by atoms with Crippen LogP contribution in [0.5, 0.6) is 0 Å². The number of aromatic nitrogens is 2. The van der Waals surface area contributed by atoms with E-state index in [1.54, 1.807) is 0 Å². The molecule has 0 spiro atoms. The van der Waals surface area contributed by atoms with Crippen LogP contribution in [0.25, 0.3) is 17.0 Å². The molecule has 1 aromatic heterocycles. The van der Waals surface area contributed by atoms with Crippen LogP contribution in [0.1, 0.15) is 12.0 Å². The van der Waals surface area contributed by atoms with Gasteiger partial charge in [-0.05, 0) is 18.1 Å². The molecule has 3 heteroatoms. The number of rotatable bonds is 3. The molecule has 0 N–H and O–H groups in total. The van der Waals surface area contributed by atoms with Crippen molar-refractivity contribution in [2.24, 2.45) is 7.05 Å². The van der Waals surface area contributed by atoms with Gasteiger partial charge in [-0.2, -0.15) is 5.10 Å². The summed E-state index contributed by atoms with van der Waals surface area (Å²) in [5.41, 5.74) is 2.35. The molecular formula is C12H13ClN2. The van der Waals surface area contributed by atoms with Gasteiger partial charge in [0.2, 0.25) is 0 Å². The highest BCUT2D eigenvalue weighted by atomic mass is 35.5. The molecule has 0 atom stereocenters. The van der Waals surface area contributed by atoms with Crippen LogP contribution in [0, 0.1) is 0 Å². The summed E-state index contributed by atoms with van der Waals surface area (Å²) in [6, 6.07) is 6.31. The molecule has 0 fully saturated rings. The standard InChI is InChI=1S/C12H13ClN2/c1-15-12-8-10(4-2-3-7-13)5-6-11(12)9-14-15/h2,4-6,8-9H,3,7H2,1H3. The Labute approximate surface area is 94.2 Å². The van der Waals surface area contributed by atoms with Gasteiger partial charge in [0, 0.05) is 18.3 Å². The Kier molecular flexibility index (Phi) is 3.07. The maximum Gasteiger partial charge on any atom is 0.0685 e. The maximum absolute atomic E-state index is 5.61. The number of nitrogens with zero attached hydrogens (tertiary/aromatic N) is 2. The predicted octanol–water partition coefficient (Wildman–Crippen LogP) is 3.22. The second kappa shape index (κ2) is 4.49. The van der Waals surface area contributed by atoms with Gasteiger partial charge in [0.15, 0.2) is 0 Å². The molecule has 0 unspecified atom stereocenters. The minimum Gasteiger partial charge on any atom is -0.268 e. The smallest absolute Gasteiger partial charge is 0.0685 e. The Hall–Kier alpha value is -1.28. The van der Waals surface area contributed by atoms with Gasteiger partial charge in [0.25, 0.3) is 0 Å². The van der Waals surface area contributed by atoms with Crippen molar-refractivity contribution in [3.8, 4) is 0 Å². The molecule has 0 saturated carbocycles. The minimum absolute atomic E-state index is 0.671. The van der Waals surface area contributed by atoms with Crippen molar-refractivity contribution in [1.82, 2.24) is 9.78 Å². The van der Waals surface area contributed by atoms with Crippen molar-refractivity contribution in [2.45, 2.75) is 6.42 Å². The van der Waals surface area contributed by atoms with Gasteiger partial charge in [-0.3, -0.25) is 4.68 Å². The SMILES string of the molecule is Cn1ncc2ccc(C=CCCCl)cc21. The zero-order valence-corrected chi connectivity index (χ0v) is 9.41. The van der Waals surface area contributed by atoms with E-state index in [0.29, 0.717) is 5.88 Å². The lowest BCUT2D eigenvalue weighted by atomic mass is 10.1. The number of aryl methyl sites for hydroxylation is 1. The number of halogens is 1. The van der Waals surface area contributed by atoms with Crippen LogP contribution >= 0.6 is 11.6 Å². The third kappa shape index (κ3) is 2.21. The van der Waals surface area contributed by atoms with Crippen LogP contribution in [-0.4, -0.2) is 15.7 Å². The number of alkyl halides is 1. The Bertz CT molecular complexity index is 485.